The Hall–Kier alpha value is -4.92. The van der Waals surface area contributed by atoms with Crippen LogP contribution in [0.4, 0.5) is 0 Å². The second kappa shape index (κ2) is 11.8. The van der Waals surface area contributed by atoms with Gasteiger partial charge in [-0.3, -0.25) is 28.3 Å². The third kappa shape index (κ3) is 4.30. The molecule has 1 unspecified atom stereocenters. The highest BCUT2D eigenvalue weighted by Gasteiger charge is 2.31. The van der Waals surface area contributed by atoms with Crippen LogP contribution in [0.1, 0.15) is 72.6 Å². The summed E-state index contributed by atoms with van der Waals surface area (Å²) in [5, 5.41) is 19.9. The molecule has 11 aromatic rings. The lowest BCUT2D eigenvalue weighted by Crippen LogP contribution is -2.35. The van der Waals surface area contributed by atoms with Crippen molar-refractivity contribution >= 4 is 129 Å². The molecule has 11 rings (SSSR count). The molecular weight excluding hydrogens is 721 g/mol. The van der Waals surface area contributed by atoms with Crippen LogP contribution >= 0.6 is 22.7 Å². The fourth-order valence-electron chi connectivity index (χ4n) is 10.4. The number of thiophene rings is 2. The molecule has 0 aliphatic heterocycles. The van der Waals surface area contributed by atoms with Gasteiger partial charge in [-0.25, -0.2) is 0 Å². The van der Waals surface area contributed by atoms with E-state index in [1.807, 2.05) is 38.1 Å². The number of fused-ring (bicyclic) bond motifs is 6. The van der Waals surface area contributed by atoms with E-state index in [1.54, 1.807) is 22.7 Å². The number of benzene rings is 7. The van der Waals surface area contributed by atoms with Crippen LogP contribution in [0.15, 0.2) is 66.3 Å². The summed E-state index contributed by atoms with van der Waals surface area (Å²) in [6.45, 7) is 9.20. The van der Waals surface area contributed by atoms with Gasteiger partial charge in [0.25, 0.3) is 22.2 Å². The predicted molar refractivity (Wildman–Crippen MR) is 236 cm³/mol. The zero-order valence-electron chi connectivity index (χ0n) is 31.5. The topological polar surface area (TPSA) is 78.1 Å². The van der Waals surface area contributed by atoms with Crippen molar-refractivity contribution in [2.45, 2.75) is 85.7 Å². The molecule has 0 bridgehead atoms. The summed E-state index contributed by atoms with van der Waals surface area (Å²) in [6, 6.07) is 12.4. The molecule has 0 N–H and O–H groups in total. The molecule has 8 heteroatoms. The lowest BCUT2D eigenvalue weighted by Gasteiger charge is -2.25. The maximum absolute atomic E-state index is 14.8. The fraction of sp³-hybridized carbons (Fsp3) is 0.319. The summed E-state index contributed by atoms with van der Waals surface area (Å²) in [4.78, 5) is 58.4. The lowest BCUT2D eigenvalue weighted by atomic mass is 9.79. The van der Waals surface area contributed by atoms with Gasteiger partial charge in [-0.1, -0.05) is 66.2 Å². The van der Waals surface area contributed by atoms with Gasteiger partial charge in [-0.05, 0) is 87.0 Å². The van der Waals surface area contributed by atoms with Crippen LogP contribution in [0.3, 0.4) is 0 Å². The Morgan fingerprint density at radius 3 is 1.36 bits per heavy atom. The molecule has 0 saturated heterocycles. The number of rotatable bonds is 11. The SMILES string of the molecule is CCCCCCCCC(C)Cn1c(=O)c2cc3c4ccsc4c4cc5c(=O)n(CC(C)C)c(=O)c6cc7c8ccsc8c8cc(c1=O)c2c1c3c4c(c65)c7c81. The second-order valence-electron chi connectivity index (χ2n) is 16.7. The molecule has 6 nitrogen and oxygen atoms in total. The highest BCUT2D eigenvalue weighted by Crippen LogP contribution is 2.55. The fourth-order valence-corrected chi connectivity index (χ4v) is 12.2. The summed E-state index contributed by atoms with van der Waals surface area (Å²) in [7, 11) is 0. The number of hydrogen-bond acceptors (Lipinski definition) is 6. The van der Waals surface area contributed by atoms with Crippen LogP contribution in [-0.2, 0) is 13.1 Å². The van der Waals surface area contributed by atoms with Crippen molar-refractivity contribution in [2.24, 2.45) is 11.8 Å². The van der Waals surface area contributed by atoms with E-state index in [9.17, 15) is 19.2 Å². The molecule has 0 saturated carbocycles. The highest BCUT2D eigenvalue weighted by atomic mass is 32.1. The van der Waals surface area contributed by atoms with Gasteiger partial charge in [-0.2, -0.15) is 0 Å². The Labute approximate surface area is 322 Å². The van der Waals surface area contributed by atoms with Gasteiger partial charge < -0.3 is 0 Å². The Balaban J connectivity index is 1.31. The third-order valence-electron chi connectivity index (χ3n) is 12.7. The van der Waals surface area contributed by atoms with E-state index in [0.717, 1.165) is 97.6 Å². The summed E-state index contributed by atoms with van der Waals surface area (Å²) < 4.78 is 5.08. The molecule has 4 aromatic heterocycles. The maximum atomic E-state index is 14.8. The van der Waals surface area contributed by atoms with Crippen molar-refractivity contribution in [1.82, 2.24) is 9.13 Å². The number of hydrogen-bond donors (Lipinski definition) is 0. The number of pyridine rings is 2. The molecular formula is C47H40N2O4S2. The molecule has 0 amide bonds. The molecule has 0 spiro atoms. The van der Waals surface area contributed by atoms with Crippen molar-refractivity contribution in [1.29, 1.82) is 0 Å². The molecule has 0 aliphatic carbocycles. The molecule has 0 fully saturated rings. The van der Waals surface area contributed by atoms with Gasteiger partial charge in [0.15, 0.2) is 0 Å². The molecule has 0 aliphatic rings. The van der Waals surface area contributed by atoms with Crippen molar-refractivity contribution in [2.75, 3.05) is 0 Å². The first-order valence-corrected chi connectivity index (χ1v) is 21.7. The minimum atomic E-state index is -0.248. The summed E-state index contributed by atoms with van der Waals surface area (Å²) in [5.74, 6) is 0.309. The lowest BCUT2D eigenvalue weighted by molar-refractivity contribution is 0.416. The monoisotopic (exact) mass is 760 g/mol. The summed E-state index contributed by atoms with van der Waals surface area (Å²) in [5.41, 5.74) is -0.933. The first-order chi connectivity index (χ1) is 26.7. The van der Waals surface area contributed by atoms with E-state index in [2.05, 4.69) is 36.7 Å². The van der Waals surface area contributed by atoms with Gasteiger partial charge in [0.2, 0.25) is 0 Å². The second-order valence-corrected chi connectivity index (χ2v) is 18.5. The summed E-state index contributed by atoms with van der Waals surface area (Å²) >= 11 is 3.29. The Bertz CT molecular complexity index is 3360. The van der Waals surface area contributed by atoms with E-state index in [0.29, 0.717) is 34.6 Å². The van der Waals surface area contributed by atoms with E-state index in [4.69, 9.17) is 0 Å². The quantitative estimate of drug-likeness (QED) is 0.0747. The molecule has 55 heavy (non-hydrogen) atoms. The molecule has 1 atom stereocenters. The van der Waals surface area contributed by atoms with E-state index in [-0.39, 0.29) is 34.1 Å². The Morgan fingerprint density at radius 1 is 0.473 bits per heavy atom. The van der Waals surface area contributed by atoms with Gasteiger partial charge >= 0.3 is 0 Å². The van der Waals surface area contributed by atoms with Crippen molar-refractivity contribution < 1.29 is 0 Å². The van der Waals surface area contributed by atoms with Crippen molar-refractivity contribution in [3.8, 4) is 0 Å². The molecule has 274 valence electrons. The third-order valence-corrected chi connectivity index (χ3v) is 14.6. The van der Waals surface area contributed by atoms with E-state index in [1.165, 1.54) is 41.2 Å². The minimum absolute atomic E-state index is 0.118. The van der Waals surface area contributed by atoms with Crippen LogP contribution in [0.2, 0.25) is 0 Å². The molecule has 7 aromatic carbocycles. The average Bonchev–Trinajstić information content (AvgIpc) is 3.88. The van der Waals surface area contributed by atoms with Crippen LogP contribution in [0.25, 0.3) is 106 Å². The van der Waals surface area contributed by atoms with Crippen LogP contribution < -0.4 is 22.2 Å². The normalized spacial score (nSPS) is 13.8. The average molecular weight is 761 g/mol. The molecule has 4 heterocycles. The zero-order chi connectivity index (χ0) is 37.6. The largest absolute Gasteiger partial charge is 0.274 e. The Morgan fingerprint density at radius 2 is 0.891 bits per heavy atom. The van der Waals surface area contributed by atoms with Crippen LogP contribution in [-0.4, -0.2) is 9.13 Å². The number of aromatic nitrogens is 2. The molecule has 0 radical (unpaired) electrons. The minimum Gasteiger partial charge on any atom is -0.274 e. The van der Waals surface area contributed by atoms with E-state index < -0.39 is 0 Å². The van der Waals surface area contributed by atoms with Gasteiger partial charge in [0.05, 0.1) is 0 Å². The van der Waals surface area contributed by atoms with Crippen molar-refractivity contribution in [3.63, 3.8) is 0 Å². The first kappa shape index (κ1) is 33.4. The van der Waals surface area contributed by atoms with Gasteiger partial charge in [0.1, 0.15) is 0 Å². The first-order valence-electron chi connectivity index (χ1n) is 19.9. The van der Waals surface area contributed by atoms with E-state index >= 15 is 0 Å². The standard InChI is InChI=1S/C47H40N2O4S2/c1-5-6-7-8-9-10-11-23(4)21-49-46(52)31-17-27-25-13-15-54-42(25)28-18-32-34-30(44(50)48(45(32)51)20-22(2)3)16-26-24-12-14-55-43(24)29-19-33(47(49)53)35(31)41-37(27)38(28)40(34)36(26)39(29)41/h12-19,22-23H,5-11,20-21H2,1-4H3. The van der Waals surface area contributed by atoms with Crippen LogP contribution in [0.5, 0.6) is 0 Å². The van der Waals surface area contributed by atoms with Crippen LogP contribution in [0, 0.1) is 11.8 Å². The smallest absolute Gasteiger partial charge is 0.261 e. The van der Waals surface area contributed by atoms with Crippen molar-refractivity contribution in [3.05, 3.63) is 88.6 Å². The van der Waals surface area contributed by atoms with Gasteiger partial charge in [0, 0.05) is 97.9 Å². The highest BCUT2D eigenvalue weighted by molar-refractivity contribution is 7.19. The maximum Gasteiger partial charge on any atom is 0.261 e. The summed E-state index contributed by atoms with van der Waals surface area (Å²) in [6.07, 6.45) is 8.25. The predicted octanol–water partition coefficient (Wildman–Crippen LogP) is 11.6. The number of unbranched alkanes of at least 4 members (excludes halogenated alkanes) is 5. The Kier molecular flexibility index (Phi) is 7.17. The zero-order valence-corrected chi connectivity index (χ0v) is 33.1. The van der Waals surface area contributed by atoms with Gasteiger partial charge in [-0.15, -0.1) is 22.7 Å². The number of nitrogens with zero attached hydrogens (tertiary/aromatic N) is 2.